The molecular formula is C21H13N5O2. The number of nitriles is 2. The van der Waals surface area contributed by atoms with E-state index in [4.69, 9.17) is 10.5 Å². The molecule has 0 atom stereocenters. The van der Waals surface area contributed by atoms with Gasteiger partial charge >= 0.3 is 0 Å². The molecule has 2 amide bonds. The van der Waals surface area contributed by atoms with Gasteiger partial charge in [-0.15, -0.1) is 0 Å². The minimum atomic E-state index is -0.474. The Bertz CT molecular complexity index is 1020. The number of anilines is 2. The molecule has 7 nitrogen and oxygen atoms in total. The lowest BCUT2D eigenvalue weighted by atomic mass is 10.2. The number of nitrogens with one attached hydrogen (secondary N) is 2. The standard InChI is InChI=1S/C21H13N5O2/c22-12-14-4-8-16(9-5-14)24-20(27)18-2-1-3-19(26-18)21(28)25-17-10-6-15(13-23)7-11-17/h1-11H,(H,24,27)(H,25,28). The van der Waals surface area contributed by atoms with Crippen molar-refractivity contribution in [3.8, 4) is 12.1 Å². The van der Waals surface area contributed by atoms with Gasteiger partial charge in [0.05, 0.1) is 23.3 Å². The normalized spacial score (nSPS) is 9.64. The molecule has 2 N–H and O–H groups in total. The van der Waals surface area contributed by atoms with Crippen molar-refractivity contribution in [3.63, 3.8) is 0 Å². The number of aromatic nitrogens is 1. The summed E-state index contributed by atoms with van der Waals surface area (Å²) < 4.78 is 0. The van der Waals surface area contributed by atoms with E-state index in [-0.39, 0.29) is 11.4 Å². The molecule has 3 rings (SSSR count). The molecule has 0 radical (unpaired) electrons. The number of rotatable bonds is 4. The highest BCUT2D eigenvalue weighted by Gasteiger charge is 2.13. The molecule has 0 fully saturated rings. The van der Waals surface area contributed by atoms with E-state index in [9.17, 15) is 9.59 Å². The van der Waals surface area contributed by atoms with E-state index >= 15 is 0 Å². The van der Waals surface area contributed by atoms with Gasteiger partial charge in [0.2, 0.25) is 0 Å². The molecule has 7 heteroatoms. The molecule has 0 aliphatic carbocycles. The second-order valence-electron chi connectivity index (χ2n) is 5.69. The van der Waals surface area contributed by atoms with Crippen molar-refractivity contribution < 1.29 is 9.59 Å². The Hall–Kier alpha value is -4.49. The van der Waals surface area contributed by atoms with Crippen molar-refractivity contribution in [2.45, 2.75) is 0 Å². The van der Waals surface area contributed by atoms with Crippen molar-refractivity contribution in [1.29, 1.82) is 10.5 Å². The first-order valence-corrected chi connectivity index (χ1v) is 8.19. The number of carbonyl (C=O) groups excluding carboxylic acids is 2. The van der Waals surface area contributed by atoms with Crippen LogP contribution in [0.25, 0.3) is 0 Å². The summed E-state index contributed by atoms with van der Waals surface area (Å²) in [6.07, 6.45) is 0. The van der Waals surface area contributed by atoms with Gasteiger partial charge in [-0.25, -0.2) is 4.98 Å². The summed E-state index contributed by atoms with van der Waals surface area (Å²) in [5.74, 6) is -0.949. The van der Waals surface area contributed by atoms with Crippen LogP contribution in [0.4, 0.5) is 11.4 Å². The van der Waals surface area contributed by atoms with Gasteiger partial charge in [-0.05, 0) is 60.7 Å². The minimum Gasteiger partial charge on any atom is -0.321 e. The second kappa shape index (κ2) is 8.26. The molecule has 0 unspecified atom stereocenters. The first-order valence-electron chi connectivity index (χ1n) is 8.19. The van der Waals surface area contributed by atoms with Crippen LogP contribution < -0.4 is 10.6 Å². The van der Waals surface area contributed by atoms with Crippen LogP contribution in [0.2, 0.25) is 0 Å². The fraction of sp³-hybridized carbons (Fsp3) is 0. The molecule has 0 aliphatic rings. The predicted molar refractivity (Wildman–Crippen MR) is 102 cm³/mol. The van der Waals surface area contributed by atoms with E-state index < -0.39 is 11.8 Å². The van der Waals surface area contributed by atoms with Crippen molar-refractivity contribution in [3.05, 3.63) is 89.2 Å². The van der Waals surface area contributed by atoms with Gasteiger partial charge in [0.15, 0.2) is 0 Å². The third kappa shape index (κ3) is 4.37. The summed E-state index contributed by atoms with van der Waals surface area (Å²) in [6, 6.07) is 21.3. The number of hydrogen-bond donors (Lipinski definition) is 2. The third-order valence-corrected chi connectivity index (χ3v) is 3.76. The highest BCUT2D eigenvalue weighted by molar-refractivity contribution is 6.06. The molecule has 1 heterocycles. The van der Waals surface area contributed by atoms with E-state index in [0.29, 0.717) is 22.5 Å². The lowest BCUT2D eigenvalue weighted by Crippen LogP contribution is -2.18. The number of amides is 2. The summed E-state index contributed by atoms with van der Waals surface area (Å²) in [5.41, 5.74) is 2.15. The Morgan fingerprint density at radius 3 is 1.43 bits per heavy atom. The van der Waals surface area contributed by atoms with Crippen molar-refractivity contribution in [2.75, 3.05) is 10.6 Å². The molecule has 0 saturated heterocycles. The Balaban J connectivity index is 1.71. The fourth-order valence-corrected chi connectivity index (χ4v) is 2.33. The maximum atomic E-state index is 12.4. The van der Waals surface area contributed by atoms with Crippen molar-refractivity contribution >= 4 is 23.2 Å². The van der Waals surface area contributed by atoms with Gasteiger partial charge in [-0.3, -0.25) is 9.59 Å². The highest BCUT2D eigenvalue weighted by atomic mass is 16.2. The molecule has 1 aromatic heterocycles. The topological polar surface area (TPSA) is 119 Å². The average molecular weight is 367 g/mol. The molecule has 0 bridgehead atoms. The van der Waals surface area contributed by atoms with Gasteiger partial charge in [0.1, 0.15) is 11.4 Å². The number of carbonyl (C=O) groups is 2. The van der Waals surface area contributed by atoms with Gasteiger partial charge in [0.25, 0.3) is 11.8 Å². The van der Waals surface area contributed by atoms with Crippen LogP contribution in [0.1, 0.15) is 32.1 Å². The Morgan fingerprint density at radius 2 is 1.07 bits per heavy atom. The lowest BCUT2D eigenvalue weighted by Gasteiger charge is -2.07. The van der Waals surface area contributed by atoms with Crippen LogP contribution in [-0.2, 0) is 0 Å². The largest absolute Gasteiger partial charge is 0.321 e. The molecule has 2 aromatic carbocycles. The van der Waals surface area contributed by atoms with E-state index in [1.165, 1.54) is 12.1 Å². The summed E-state index contributed by atoms with van der Waals surface area (Å²) >= 11 is 0. The molecule has 134 valence electrons. The highest BCUT2D eigenvalue weighted by Crippen LogP contribution is 2.12. The Morgan fingerprint density at radius 1 is 0.679 bits per heavy atom. The number of benzene rings is 2. The van der Waals surface area contributed by atoms with Crippen LogP contribution in [0.3, 0.4) is 0 Å². The fourth-order valence-electron chi connectivity index (χ4n) is 2.33. The average Bonchev–Trinajstić information content (AvgIpc) is 2.75. The maximum Gasteiger partial charge on any atom is 0.274 e. The molecular weight excluding hydrogens is 354 g/mol. The zero-order valence-corrected chi connectivity index (χ0v) is 14.5. The number of nitrogens with zero attached hydrogens (tertiary/aromatic N) is 3. The first kappa shape index (κ1) is 18.3. The van der Waals surface area contributed by atoms with Gasteiger partial charge in [0, 0.05) is 11.4 Å². The smallest absolute Gasteiger partial charge is 0.274 e. The molecule has 0 saturated carbocycles. The second-order valence-corrected chi connectivity index (χ2v) is 5.69. The Labute approximate surface area is 160 Å². The summed E-state index contributed by atoms with van der Waals surface area (Å²) in [7, 11) is 0. The van der Waals surface area contributed by atoms with Crippen LogP contribution in [0.15, 0.2) is 66.7 Å². The van der Waals surface area contributed by atoms with Crippen molar-refractivity contribution in [1.82, 2.24) is 4.98 Å². The SMILES string of the molecule is N#Cc1ccc(NC(=O)c2cccc(C(=O)Nc3ccc(C#N)cc3)n2)cc1. The minimum absolute atomic E-state index is 0.0804. The van der Waals surface area contributed by atoms with E-state index in [1.807, 2.05) is 12.1 Å². The summed E-state index contributed by atoms with van der Waals surface area (Å²) in [5, 5.41) is 22.9. The van der Waals surface area contributed by atoms with Crippen LogP contribution in [0, 0.1) is 22.7 Å². The van der Waals surface area contributed by atoms with Crippen LogP contribution >= 0.6 is 0 Å². The molecule has 28 heavy (non-hydrogen) atoms. The number of pyridine rings is 1. The first-order chi connectivity index (χ1) is 13.6. The van der Waals surface area contributed by atoms with Gasteiger partial charge in [-0.1, -0.05) is 6.07 Å². The molecule has 0 aliphatic heterocycles. The quantitative estimate of drug-likeness (QED) is 0.733. The summed E-state index contributed by atoms with van der Waals surface area (Å²) in [6.45, 7) is 0. The molecule has 3 aromatic rings. The Kier molecular flexibility index (Phi) is 5.40. The van der Waals surface area contributed by atoms with E-state index in [1.54, 1.807) is 54.6 Å². The number of hydrogen-bond acceptors (Lipinski definition) is 5. The monoisotopic (exact) mass is 367 g/mol. The van der Waals surface area contributed by atoms with E-state index in [2.05, 4.69) is 15.6 Å². The predicted octanol–water partition coefficient (Wildman–Crippen LogP) is 3.33. The van der Waals surface area contributed by atoms with E-state index in [0.717, 1.165) is 0 Å². The summed E-state index contributed by atoms with van der Waals surface area (Å²) in [4.78, 5) is 28.8. The van der Waals surface area contributed by atoms with Crippen molar-refractivity contribution in [2.24, 2.45) is 0 Å². The third-order valence-electron chi connectivity index (χ3n) is 3.76. The maximum absolute atomic E-state index is 12.4. The van der Waals surface area contributed by atoms with Gasteiger partial charge in [-0.2, -0.15) is 10.5 Å². The van der Waals surface area contributed by atoms with Gasteiger partial charge < -0.3 is 10.6 Å². The van der Waals surface area contributed by atoms with Crippen LogP contribution in [-0.4, -0.2) is 16.8 Å². The zero-order valence-electron chi connectivity index (χ0n) is 14.5. The van der Waals surface area contributed by atoms with Crippen LogP contribution in [0.5, 0.6) is 0 Å². The lowest BCUT2D eigenvalue weighted by molar-refractivity contribution is 0.101. The molecule has 0 spiro atoms. The zero-order chi connectivity index (χ0) is 19.9.